The summed E-state index contributed by atoms with van der Waals surface area (Å²) in [4.78, 5) is 17.8. The molecule has 31 heavy (non-hydrogen) atoms. The molecule has 4 rings (SSSR count). The highest BCUT2D eigenvalue weighted by Crippen LogP contribution is 2.23. The first-order valence-corrected chi connectivity index (χ1v) is 11.9. The van der Waals surface area contributed by atoms with Gasteiger partial charge in [-0.2, -0.15) is 0 Å². The van der Waals surface area contributed by atoms with E-state index in [4.69, 9.17) is 4.74 Å². The molecule has 0 radical (unpaired) electrons. The Morgan fingerprint density at radius 2 is 1.74 bits per heavy atom. The third-order valence-electron chi connectivity index (χ3n) is 6.84. The van der Waals surface area contributed by atoms with Gasteiger partial charge in [-0.05, 0) is 68.3 Å². The normalized spacial score (nSPS) is 20.1. The molecule has 0 spiro atoms. The Balaban J connectivity index is 1.32. The lowest BCUT2D eigenvalue weighted by Crippen LogP contribution is -2.44. The Hall–Kier alpha value is -2.17. The van der Waals surface area contributed by atoms with Crippen LogP contribution < -0.4 is 0 Å². The fraction of sp³-hybridized carbons (Fsp3) is 0.519. The first-order valence-electron chi connectivity index (χ1n) is 11.9. The van der Waals surface area contributed by atoms with Crippen LogP contribution in [0.2, 0.25) is 0 Å². The van der Waals surface area contributed by atoms with Gasteiger partial charge in [-0.15, -0.1) is 0 Å². The summed E-state index contributed by atoms with van der Waals surface area (Å²) in [7, 11) is 0. The number of piperidine rings is 1. The van der Waals surface area contributed by atoms with Gasteiger partial charge in [0.1, 0.15) is 0 Å². The number of rotatable bonds is 8. The lowest BCUT2D eigenvalue weighted by atomic mass is 9.95. The van der Waals surface area contributed by atoms with Crippen molar-refractivity contribution in [2.75, 3.05) is 32.8 Å². The maximum absolute atomic E-state index is 13.2. The molecule has 0 bridgehead atoms. The van der Waals surface area contributed by atoms with E-state index >= 15 is 0 Å². The molecule has 2 saturated heterocycles. The molecule has 2 heterocycles. The first-order chi connectivity index (χ1) is 15.2. The molecule has 0 unspecified atom stereocenters. The average molecular weight is 421 g/mol. The third kappa shape index (κ3) is 6.41. The highest BCUT2D eigenvalue weighted by molar-refractivity contribution is 5.78. The van der Waals surface area contributed by atoms with Crippen molar-refractivity contribution in [3.63, 3.8) is 0 Å². The van der Waals surface area contributed by atoms with Crippen molar-refractivity contribution in [1.29, 1.82) is 0 Å². The van der Waals surface area contributed by atoms with Gasteiger partial charge in [-0.1, -0.05) is 54.6 Å². The van der Waals surface area contributed by atoms with Crippen molar-refractivity contribution in [3.05, 3.63) is 71.3 Å². The SMILES string of the molecule is Cc1ccccc1CN1CCC(CN(C[C@@H]2CCCO2)C(=O)Cc2ccccc2)CC1. The van der Waals surface area contributed by atoms with Crippen LogP contribution in [0.25, 0.3) is 0 Å². The Bertz CT molecular complexity index is 824. The molecule has 2 aliphatic rings. The summed E-state index contributed by atoms with van der Waals surface area (Å²) in [5, 5.41) is 0. The Morgan fingerprint density at radius 3 is 2.45 bits per heavy atom. The lowest BCUT2D eigenvalue weighted by molar-refractivity contribution is -0.133. The Labute approximate surface area is 187 Å². The minimum atomic E-state index is 0.209. The van der Waals surface area contributed by atoms with Gasteiger partial charge in [0.05, 0.1) is 12.5 Å². The zero-order valence-corrected chi connectivity index (χ0v) is 18.8. The molecule has 1 amide bonds. The topological polar surface area (TPSA) is 32.8 Å². The Morgan fingerprint density at radius 1 is 1.00 bits per heavy atom. The summed E-state index contributed by atoms with van der Waals surface area (Å²) < 4.78 is 5.87. The zero-order chi connectivity index (χ0) is 21.5. The zero-order valence-electron chi connectivity index (χ0n) is 18.8. The molecule has 2 aromatic rings. The summed E-state index contributed by atoms with van der Waals surface area (Å²) in [6.45, 7) is 7.90. The second-order valence-electron chi connectivity index (χ2n) is 9.24. The van der Waals surface area contributed by atoms with Crippen LogP contribution >= 0.6 is 0 Å². The van der Waals surface area contributed by atoms with Gasteiger partial charge >= 0.3 is 0 Å². The van der Waals surface area contributed by atoms with Crippen LogP contribution in [0.4, 0.5) is 0 Å². The fourth-order valence-electron chi connectivity index (χ4n) is 4.86. The third-order valence-corrected chi connectivity index (χ3v) is 6.84. The smallest absolute Gasteiger partial charge is 0.227 e. The fourth-order valence-corrected chi connectivity index (χ4v) is 4.86. The minimum absolute atomic E-state index is 0.209. The van der Waals surface area contributed by atoms with Crippen LogP contribution in [-0.2, 0) is 22.5 Å². The van der Waals surface area contributed by atoms with E-state index in [1.54, 1.807) is 0 Å². The number of ether oxygens (including phenoxy) is 1. The predicted octanol–water partition coefficient (Wildman–Crippen LogP) is 4.46. The number of likely N-dealkylation sites (tertiary alicyclic amines) is 1. The summed E-state index contributed by atoms with van der Waals surface area (Å²) in [6.07, 6.45) is 5.20. The van der Waals surface area contributed by atoms with Crippen LogP contribution in [0.5, 0.6) is 0 Å². The van der Waals surface area contributed by atoms with E-state index in [0.717, 1.165) is 70.6 Å². The van der Waals surface area contributed by atoms with Gasteiger partial charge in [0, 0.05) is 26.2 Å². The van der Waals surface area contributed by atoms with Crippen molar-refractivity contribution in [2.45, 2.75) is 51.7 Å². The van der Waals surface area contributed by atoms with E-state index in [2.05, 4.69) is 41.0 Å². The molecule has 4 nitrogen and oxygen atoms in total. The molecule has 2 fully saturated rings. The van der Waals surface area contributed by atoms with Crippen LogP contribution in [-0.4, -0.2) is 54.6 Å². The second kappa shape index (κ2) is 10.9. The largest absolute Gasteiger partial charge is 0.376 e. The van der Waals surface area contributed by atoms with Crippen molar-refractivity contribution in [2.24, 2.45) is 5.92 Å². The molecular weight excluding hydrogens is 384 g/mol. The number of aryl methyl sites for hydroxylation is 1. The molecular formula is C27H36N2O2. The van der Waals surface area contributed by atoms with E-state index in [9.17, 15) is 4.79 Å². The van der Waals surface area contributed by atoms with Gasteiger partial charge in [0.15, 0.2) is 0 Å². The summed E-state index contributed by atoms with van der Waals surface area (Å²) in [6, 6.07) is 18.8. The molecule has 166 valence electrons. The van der Waals surface area contributed by atoms with Crippen LogP contribution in [0.3, 0.4) is 0 Å². The van der Waals surface area contributed by atoms with Crippen LogP contribution in [0, 0.1) is 12.8 Å². The second-order valence-corrected chi connectivity index (χ2v) is 9.24. The van der Waals surface area contributed by atoms with Crippen LogP contribution in [0.1, 0.15) is 42.4 Å². The predicted molar refractivity (Wildman–Crippen MR) is 125 cm³/mol. The number of hydrogen-bond donors (Lipinski definition) is 0. The van der Waals surface area contributed by atoms with Crippen molar-refractivity contribution in [3.8, 4) is 0 Å². The van der Waals surface area contributed by atoms with E-state index in [-0.39, 0.29) is 12.0 Å². The molecule has 2 aliphatic heterocycles. The van der Waals surface area contributed by atoms with Gasteiger partial charge in [0.25, 0.3) is 0 Å². The molecule has 0 saturated carbocycles. The first kappa shape index (κ1) is 22.0. The lowest BCUT2D eigenvalue weighted by Gasteiger charge is -2.36. The molecule has 0 aromatic heterocycles. The quantitative estimate of drug-likeness (QED) is 0.632. The standard InChI is InChI=1S/C27H36N2O2/c1-22-8-5-6-11-25(22)20-28-15-13-24(14-16-28)19-29(21-26-12-7-17-31-26)27(30)18-23-9-3-2-4-10-23/h2-6,8-11,24,26H,7,12-21H2,1H3/t26-/m0/s1. The number of carbonyl (C=O) groups is 1. The molecule has 0 N–H and O–H groups in total. The maximum Gasteiger partial charge on any atom is 0.227 e. The van der Waals surface area contributed by atoms with Crippen LogP contribution in [0.15, 0.2) is 54.6 Å². The number of hydrogen-bond acceptors (Lipinski definition) is 3. The van der Waals surface area contributed by atoms with Gasteiger partial charge in [-0.3, -0.25) is 9.69 Å². The number of carbonyl (C=O) groups excluding carboxylic acids is 1. The average Bonchev–Trinajstić information content (AvgIpc) is 3.30. The van der Waals surface area contributed by atoms with Gasteiger partial charge in [0.2, 0.25) is 5.91 Å². The summed E-state index contributed by atoms with van der Waals surface area (Å²) in [5.74, 6) is 0.818. The molecule has 4 heteroatoms. The van der Waals surface area contributed by atoms with Crippen molar-refractivity contribution >= 4 is 5.91 Å². The Kier molecular flexibility index (Phi) is 7.76. The highest BCUT2D eigenvalue weighted by atomic mass is 16.5. The van der Waals surface area contributed by atoms with Gasteiger partial charge in [-0.25, -0.2) is 0 Å². The molecule has 2 aromatic carbocycles. The molecule has 0 aliphatic carbocycles. The highest BCUT2D eigenvalue weighted by Gasteiger charge is 2.27. The number of nitrogens with zero attached hydrogens (tertiary/aromatic N) is 2. The van der Waals surface area contributed by atoms with Crippen molar-refractivity contribution in [1.82, 2.24) is 9.80 Å². The van der Waals surface area contributed by atoms with E-state index in [1.165, 1.54) is 11.1 Å². The van der Waals surface area contributed by atoms with E-state index in [1.807, 2.05) is 30.3 Å². The van der Waals surface area contributed by atoms with Crippen molar-refractivity contribution < 1.29 is 9.53 Å². The summed E-state index contributed by atoms with van der Waals surface area (Å²) in [5.41, 5.74) is 3.90. The number of benzene rings is 2. The minimum Gasteiger partial charge on any atom is -0.376 e. The van der Waals surface area contributed by atoms with Gasteiger partial charge < -0.3 is 9.64 Å². The van der Waals surface area contributed by atoms with E-state index < -0.39 is 0 Å². The summed E-state index contributed by atoms with van der Waals surface area (Å²) >= 11 is 0. The van der Waals surface area contributed by atoms with E-state index in [0.29, 0.717) is 12.3 Å². The maximum atomic E-state index is 13.2. The molecule has 1 atom stereocenters. The number of amides is 1. The monoisotopic (exact) mass is 420 g/mol.